The minimum Gasteiger partial charge on any atom is -0.497 e. The molecule has 27 heavy (non-hydrogen) atoms. The first-order valence-corrected chi connectivity index (χ1v) is 8.43. The maximum absolute atomic E-state index is 12.5. The lowest BCUT2D eigenvalue weighted by molar-refractivity contribution is -0.137. The number of esters is 1. The largest absolute Gasteiger partial charge is 0.497 e. The molecule has 2 rings (SSSR count). The van der Waals surface area contributed by atoms with E-state index in [2.05, 4.69) is 21.2 Å². The third kappa shape index (κ3) is 5.46. The van der Waals surface area contributed by atoms with Crippen molar-refractivity contribution in [1.29, 1.82) is 0 Å². The molecule has 0 heterocycles. The van der Waals surface area contributed by atoms with Crippen LogP contribution in [0.25, 0.3) is 0 Å². The number of methoxy groups -OCH3 is 1. The molecule has 144 valence electrons. The maximum Gasteiger partial charge on any atom is 0.416 e. The highest BCUT2D eigenvalue weighted by atomic mass is 79.9. The van der Waals surface area contributed by atoms with Crippen molar-refractivity contribution in [2.24, 2.45) is 0 Å². The van der Waals surface area contributed by atoms with E-state index in [1.165, 1.54) is 20.1 Å². The Kier molecular flexibility index (Phi) is 6.48. The van der Waals surface area contributed by atoms with E-state index in [0.29, 0.717) is 10.2 Å². The van der Waals surface area contributed by atoms with Gasteiger partial charge in [-0.2, -0.15) is 13.2 Å². The van der Waals surface area contributed by atoms with Crippen molar-refractivity contribution >= 4 is 33.5 Å². The number of hydrogen-bond acceptors (Lipinski definition) is 4. The molecule has 0 spiro atoms. The third-order valence-corrected chi connectivity index (χ3v) is 4.22. The number of halogens is 4. The smallest absolute Gasteiger partial charge is 0.416 e. The molecule has 1 amide bonds. The van der Waals surface area contributed by atoms with Crippen LogP contribution in [0.5, 0.6) is 5.75 Å². The fraction of sp³-hybridized carbons (Fsp3) is 0.222. The van der Waals surface area contributed by atoms with E-state index in [9.17, 15) is 22.8 Å². The standard InChI is InChI=1S/C18H15BrF3NO4/c1-10(27-17(25)14-9-13(26-2)7-8-15(14)19)16(24)23-12-5-3-11(4-6-12)18(20,21)22/h3-10H,1-2H3,(H,23,24). The van der Waals surface area contributed by atoms with Crippen LogP contribution in [-0.4, -0.2) is 25.1 Å². The molecule has 0 fully saturated rings. The molecule has 0 aliphatic heterocycles. The van der Waals surface area contributed by atoms with E-state index < -0.39 is 29.7 Å². The lowest BCUT2D eigenvalue weighted by Crippen LogP contribution is -2.30. The average Bonchev–Trinajstić information content (AvgIpc) is 2.61. The summed E-state index contributed by atoms with van der Waals surface area (Å²) < 4.78 is 48.2. The molecule has 2 aromatic rings. The molecule has 0 bridgehead atoms. The minimum absolute atomic E-state index is 0.151. The van der Waals surface area contributed by atoms with E-state index in [1.54, 1.807) is 12.1 Å². The second kappa shape index (κ2) is 8.43. The van der Waals surface area contributed by atoms with E-state index in [1.807, 2.05) is 0 Å². The number of alkyl halides is 3. The van der Waals surface area contributed by atoms with Crippen LogP contribution in [0.15, 0.2) is 46.9 Å². The van der Waals surface area contributed by atoms with Gasteiger partial charge in [-0.1, -0.05) is 0 Å². The summed E-state index contributed by atoms with van der Waals surface area (Å²) in [6.45, 7) is 1.35. The fourth-order valence-electron chi connectivity index (χ4n) is 2.05. The van der Waals surface area contributed by atoms with Crippen molar-refractivity contribution in [1.82, 2.24) is 0 Å². The van der Waals surface area contributed by atoms with Crippen molar-refractivity contribution in [3.63, 3.8) is 0 Å². The van der Waals surface area contributed by atoms with Crippen LogP contribution in [0, 0.1) is 0 Å². The van der Waals surface area contributed by atoms with Gasteiger partial charge < -0.3 is 14.8 Å². The zero-order chi connectivity index (χ0) is 20.2. The van der Waals surface area contributed by atoms with Crippen LogP contribution < -0.4 is 10.1 Å². The van der Waals surface area contributed by atoms with Crippen molar-refractivity contribution in [2.75, 3.05) is 12.4 Å². The molecular formula is C18H15BrF3NO4. The lowest BCUT2D eigenvalue weighted by Gasteiger charge is -2.15. The fourth-order valence-corrected chi connectivity index (χ4v) is 2.46. The predicted molar refractivity (Wildman–Crippen MR) is 95.6 cm³/mol. The van der Waals surface area contributed by atoms with Crippen molar-refractivity contribution in [2.45, 2.75) is 19.2 Å². The highest BCUT2D eigenvalue weighted by molar-refractivity contribution is 9.10. The zero-order valence-corrected chi connectivity index (χ0v) is 15.8. The second-order valence-corrected chi connectivity index (χ2v) is 6.31. The molecular weight excluding hydrogens is 431 g/mol. The summed E-state index contributed by atoms with van der Waals surface area (Å²) in [4.78, 5) is 24.4. The Balaban J connectivity index is 2.02. The van der Waals surface area contributed by atoms with Gasteiger partial charge >= 0.3 is 12.1 Å². The molecule has 1 atom stereocenters. The molecule has 5 nitrogen and oxygen atoms in total. The van der Waals surface area contributed by atoms with Crippen molar-refractivity contribution in [3.8, 4) is 5.75 Å². The quantitative estimate of drug-likeness (QED) is 0.679. The minimum atomic E-state index is -4.46. The topological polar surface area (TPSA) is 64.6 Å². The number of hydrogen-bond donors (Lipinski definition) is 1. The van der Waals surface area contributed by atoms with Crippen molar-refractivity contribution in [3.05, 3.63) is 58.1 Å². The molecule has 1 N–H and O–H groups in total. The van der Waals surface area contributed by atoms with Gasteiger partial charge in [-0.15, -0.1) is 0 Å². The van der Waals surface area contributed by atoms with Gasteiger partial charge in [0.1, 0.15) is 5.75 Å². The molecule has 9 heteroatoms. The van der Waals surface area contributed by atoms with Crippen LogP contribution in [0.3, 0.4) is 0 Å². The van der Waals surface area contributed by atoms with Gasteiger partial charge in [0.2, 0.25) is 0 Å². The number of amides is 1. The summed E-state index contributed by atoms with van der Waals surface area (Å²) in [5, 5.41) is 2.39. The lowest BCUT2D eigenvalue weighted by atomic mass is 10.2. The van der Waals surface area contributed by atoms with Crippen LogP contribution in [0.1, 0.15) is 22.8 Å². The molecule has 0 radical (unpaired) electrons. The first kappa shape index (κ1) is 20.8. The SMILES string of the molecule is COc1ccc(Br)c(C(=O)OC(C)C(=O)Nc2ccc(C(F)(F)F)cc2)c1. The van der Waals surface area contributed by atoms with Gasteiger partial charge in [0, 0.05) is 10.2 Å². The van der Waals surface area contributed by atoms with Gasteiger partial charge in [-0.3, -0.25) is 4.79 Å². The van der Waals surface area contributed by atoms with E-state index in [0.717, 1.165) is 24.3 Å². The Morgan fingerprint density at radius 3 is 2.30 bits per heavy atom. The number of carbonyl (C=O) groups excluding carboxylic acids is 2. The highest BCUT2D eigenvalue weighted by Crippen LogP contribution is 2.30. The Bertz CT molecular complexity index is 837. The second-order valence-electron chi connectivity index (χ2n) is 5.46. The summed E-state index contributed by atoms with van der Waals surface area (Å²) in [6.07, 6.45) is -5.63. The molecule has 0 saturated carbocycles. The molecule has 0 aliphatic rings. The summed E-state index contributed by atoms with van der Waals surface area (Å²) in [5.41, 5.74) is -0.509. The number of ether oxygens (including phenoxy) is 2. The Morgan fingerprint density at radius 1 is 1.11 bits per heavy atom. The summed E-state index contributed by atoms with van der Waals surface area (Å²) in [5.74, 6) is -0.995. The molecule has 0 saturated heterocycles. The van der Waals surface area contributed by atoms with Crippen LogP contribution in [0.4, 0.5) is 18.9 Å². The summed E-state index contributed by atoms with van der Waals surface area (Å²) in [6, 6.07) is 8.62. The van der Waals surface area contributed by atoms with Crippen LogP contribution in [0.2, 0.25) is 0 Å². The van der Waals surface area contributed by atoms with Crippen LogP contribution >= 0.6 is 15.9 Å². The Morgan fingerprint density at radius 2 is 1.74 bits per heavy atom. The van der Waals surface area contributed by atoms with E-state index in [4.69, 9.17) is 9.47 Å². The number of nitrogens with one attached hydrogen (secondary N) is 1. The number of anilines is 1. The number of rotatable bonds is 5. The monoisotopic (exact) mass is 445 g/mol. The Labute approximate surface area is 161 Å². The van der Waals surface area contributed by atoms with Gasteiger partial charge in [-0.25, -0.2) is 4.79 Å². The first-order valence-electron chi connectivity index (χ1n) is 7.64. The third-order valence-electron chi connectivity index (χ3n) is 3.53. The van der Waals surface area contributed by atoms with Gasteiger partial charge in [0.25, 0.3) is 5.91 Å². The Hall–Kier alpha value is -2.55. The predicted octanol–water partition coefficient (Wildman–Crippen LogP) is 4.66. The molecule has 0 aromatic heterocycles. The van der Waals surface area contributed by atoms with Crippen molar-refractivity contribution < 1.29 is 32.2 Å². The van der Waals surface area contributed by atoms with Crippen LogP contribution in [-0.2, 0) is 15.7 Å². The van der Waals surface area contributed by atoms with E-state index in [-0.39, 0.29) is 11.3 Å². The number of benzene rings is 2. The molecule has 1 unspecified atom stereocenters. The molecule has 2 aromatic carbocycles. The summed E-state index contributed by atoms with van der Waals surface area (Å²) in [7, 11) is 1.44. The van der Waals surface area contributed by atoms with Gasteiger partial charge in [0.05, 0.1) is 18.2 Å². The first-order chi connectivity index (χ1) is 12.6. The van der Waals surface area contributed by atoms with Gasteiger partial charge in [-0.05, 0) is 65.3 Å². The van der Waals surface area contributed by atoms with E-state index >= 15 is 0 Å². The molecule has 0 aliphatic carbocycles. The van der Waals surface area contributed by atoms with Gasteiger partial charge in [0.15, 0.2) is 6.10 Å². The average molecular weight is 446 g/mol. The number of carbonyl (C=O) groups is 2. The highest BCUT2D eigenvalue weighted by Gasteiger charge is 2.30. The maximum atomic E-state index is 12.5. The summed E-state index contributed by atoms with van der Waals surface area (Å²) >= 11 is 3.21. The zero-order valence-electron chi connectivity index (χ0n) is 14.3. The normalized spacial score (nSPS) is 12.2.